The van der Waals surface area contributed by atoms with Crippen LogP contribution in [0, 0.1) is 24.5 Å². The molecule has 38 heavy (non-hydrogen) atoms. The Balaban J connectivity index is 1.56. The second-order valence-corrected chi connectivity index (χ2v) is 13.7. The standard InChI is InChI=1S/C26H23ClF2N2O5S2/c1-16-2-6-21(7-3-16)38(34,35)31-30-19-12-13-26(37(32,33)20-8-4-18(27)5-9-20)17(14-19)15-36-25-23(29)11-10-22(28)24(25)26/h2-11,17,31H,12-15H2,1H3/b30-19+/t17-,26+/m1/s1. The molecule has 1 fully saturated rings. The fourth-order valence-electron chi connectivity index (χ4n) is 5.17. The minimum Gasteiger partial charge on any atom is -0.490 e. The van der Waals surface area contributed by atoms with Gasteiger partial charge in [0.2, 0.25) is 0 Å². The molecule has 0 bridgehead atoms. The molecule has 0 radical (unpaired) electrons. The highest BCUT2D eigenvalue weighted by atomic mass is 35.5. The van der Waals surface area contributed by atoms with Gasteiger partial charge in [-0.15, -0.1) is 0 Å². The van der Waals surface area contributed by atoms with Gasteiger partial charge in [-0.05, 0) is 74.7 Å². The minimum atomic E-state index is -4.31. The Bertz CT molecular complexity index is 1640. The van der Waals surface area contributed by atoms with Gasteiger partial charge >= 0.3 is 0 Å². The number of halogens is 3. The molecule has 1 aliphatic carbocycles. The third kappa shape index (κ3) is 4.36. The lowest BCUT2D eigenvalue weighted by molar-refractivity contribution is 0.151. The lowest BCUT2D eigenvalue weighted by Gasteiger charge is -2.47. The van der Waals surface area contributed by atoms with E-state index in [0.717, 1.165) is 17.7 Å². The summed E-state index contributed by atoms with van der Waals surface area (Å²) in [5, 5.41) is 4.40. The number of benzene rings is 3. The number of hydrogen-bond acceptors (Lipinski definition) is 6. The number of hydrogen-bond donors (Lipinski definition) is 1. The summed E-state index contributed by atoms with van der Waals surface area (Å²) in [7, 11) is -8.27. The summed E-state index contributed by atoms with van der Waals surface area (Å²) in [6.45, 7) is 1.60. The van der Waals surface area contributed by atoms with Gasteiger partial charge in [-0.1, -0.05) is 29.3 Å². The van der Waals surface area contributed by atoms with Crippen molar-refractivity contribution >= 4 is 37.2 Å². The molecule has 3 aromatic rings. The van der Waals surface area contributed by atoms with Crippen LogP contribution in [0.3, 0.4) is 0 Å². The molecule has 3 aromatic carbocycles. The fourth-order valence-corrected chi connectivity index (χ4v) is 8.48. The van der Waals surface area contributed by atoms with Gasteiger partial charge in [0.25, 0.3) is 10.0 Å². The zero-order valence-corrected chi connectivity index (χ0v) is 22.5. The first kappa shape index (κ1) is 26.6. The first-order chi connectivity index (χ1) is 18.0. The van der Waals surface area contributed by atoms with Crippen molar-refractivity contribution in [3.05, 3.63) is 88.4 Å². The molecule has 1 aliphatic heterocycles. The van der Waals surface area contributed by atoms with Crippen molar-refractivity contribution in [2.75, 3.05) is 6.61 Å². The first-order valence-corrected chi connectivity index (χ1v) is 15.1. The number of nitrogens with zero attached hydrogens (tertiary/aromatic N) is 1. The van der Waals surface area contributed by atoms with Crippen LogP contribution in [0.25, 0.3) is 0 Å². The predicted octanol–water partition coefficient (Wildman–Crippen LogP) is 5.12. The molecule has 0 aromatic heterocycles. The van der Waals surface area contributed by atoms with E-state index in [1.807, 2.05) is 6.92 Å². The van der Waals surface area contributed by atoms with Crippen molar-refractivity contribution in [3.63, 3.8) is 0 Å². The van der Waals surface area contributed by atoms with E-state index in [1.54, 1.807) is 12.1 Å². The zero-order chi connectivity index (χ0) is 27.3. The molecule has 0 saturated heterocycles. The fraction of sp³-hybridized carbons (Fsp3) is 0.269. The van der Waals surface area contributed by atoms with Crippen molar-refractivity contribution in [1.82, 2.24) is 4.83 Å². The summed E-state index contributed by atoms with van der Waals surface area (Å²) in [6.07, 6.45) is -0.155. The topological polar surface area (TPSA) is 102 Å². The van der Waals surface area contributed by atoms with Crippen LogP contribution in [-0.2, 0) is 24.6 Å². The van der Waals surface area contributed by atoms with Crippen LogP contribution < -0.4 is 9.57 Å². The number of sulfone groups is 1. The highest BCUT2D eigenvalue weighted by Gasteiger charge is 2.59. The van der Waals surface area contributed by atoms with E-state index in [0.29, 0.717) is 10.7 Å². The lowest BCUT2D eigenvalue weighted by Crippen LogP contribution is -2.52. The van der Waals surface area contributed by atoms with Crippen LogP contribution in [0.4, 0.5) is 8.78 Å². The lowest BCUT2D eigenvalue weighted by atomic mass is 9.72. The number of nitrogens with one attached hydrogen (secondary N) is 1. The molecule has 2 aliphatic rings. The summed E-state index contributed by atoms with van der Waals surface area (Å²) in [5.41, 5.74) is 0.904. The zero-order valence-electron chi connectivity index (χ0n) is 20.1. The van der Waals surface area contributed by atoms with Gasteiger partial charge in [0.1, 0.15) is 10.6 Å². The third-order valence-corrected chi connectivity index (χ3v) is 11.2. The molecule has 0 amide bonds. The smallest absolute Gasteiger partial charge is 0.276 e. The Kier molecular flexibility index (Phi) is 6.73. The van der Waals surface area contributed by atoms with E-state index in [-0.39, 0.29) is 41.2 Å². The van der Waals surface area contributed by atoms with Crippen molar-refractivity contribution in [3.8, 4) is 5.75 Å². The average Bonchev–Trinajstić information content (AvgIpc) is 2.89. The quantitative estimate of drug-likeness (QED) is 0.422. The van der Waals surface area contributed by atoms with Crippen LogP contribution in [0.5, 0.6) is 5.75 Å². The number of sulfonamides is 1. The van der Waals surface area contributed by atoms with Crippen LogP contribution in [0.2, 0.25) is 5.02 Å². The molecule has 7 nitrogen and oxygen atoms in total. The maximum absolute atomic E-state index is 15.3. The van der Waals surface area contributed by atoms with Gasteiger partial charge in [0, 0.05) is 16.7 Å². The SMILES string of the molecule is Cc1ccc(S(=O)(=O)N/N=C2\CC[C@@]3(S(=O)(=O)c4ccc(Cl)cc4)c4c(F)ccc(F)c4OC[C@H]3C2)cc1. The van der Waals surface area contributed by atoms with E-state index in [4.69, 9.17) is 16.3 Å². The van der Waals surface area contributed by atoms with E-state index in [1.165, 1.54) is 36.4 Å². The van der Waals surface area contributed by atoms with E-state index < -0.39 is 47.9 Å². The van der Waals surface area contributed by atoms with E-state index in [2.05, 4.69) is 9.93 Å². The summed E-state index contributed by atoms with van der Waals surface area (Å²) in [5.74, 6) is -3.07. The number of fused-ring (bicyclic) bond motifs is 3. The number of rotatable bonds is 5. The van der Waals surface area contributed by atoms with Crippen molar-refractivity contribution < 1.29 is 30.4 Å². The van der Waals surface area contributed by atoms with E-state index in [9.17, 15) is 21.2 Å². The monoisotopic (exact) mass is 580 g/mol. The van der Waals surface area contributed by atoms with Gasteiger partial charge in [0.15, 0.2) is 21.4 Å². The Morgan fingerprint density at radius 3 is 2.26 bits per heavy atom. The van der Waals surface area contributed by atoms with Crippen LogP contribution in [0.1, 0.15) is 30.4 Å². The molecule has 0 spiro atoms. The van der Waals surface area contributed by atoms with Gasteiger partial charge in [-0.3, -0.25) is 0 Å². The van der Waals surface area contributed by atoms with Gasteiger partial charge < -0.3 is 4.74 Å². The molecule has 2 atom stereocenters. The molecule has 1 saturated carbocycles. The molecule has 1 heterocycles. The highest BCUT2D eigenvalue weighted by molar-refractivity contribution is 7.92. The largest absolute Gasteiger partial charge is 0.490 e. The van der Waals surface area contributed by atoms with Gasteiger partial charge in [0.05, 0.1) is 22.0 Å². The summed E-state index contributed by atoms with van der Waals surface area (Å²) >= 11 is 5.96. The Morgan fingerprint density at radius 1 is 0.947 bits per heavy atom. The molecular formula is C26H23ClF2N2O5S2. The second-order valence-electron chi connectivity index (χ2n) is 9.38. The number of ether oxygens (including phenoxy) is 1. The van der Waals surface area contributed by atoms with Crippen molar-refractivity contribution in [2.45, 2.75) is 40.7 Å². The summed E-state index contributed by atoms with van der Waals surface area (Å²) in [4.78, 5) is 2.14. The molecule has 0 unspecified atom stereocenters. The normalized spacial score (nSPS) is 22.3. The highest BCUT2D eigenvalue weighted by Crippen LogP contribution is 2.56. The molecule has 12 heteroatoms. The summed E-state index contributed by atoms with van der Waals surface area (Å²) < 4.78 is 87.5. The maximum Gasteiger partial charge on any atom is 0.276 e. The van der Waals surface area contributed by atoms with Gasteiger partial charge in [-0.25, -0.2) is 22.0 Å². The van der Waals surface area contributed by atoms with E-state index >= 15 is 4.39 Å². The minimum absolute atomic E-state index is 0.0152. The maximum atomic E-state index is 15.3. The average molecular weight is 581 g/mol. The molecule has 1 N–H and O–H groups in total. The van der Waals surface area contributed by atoms with Crippen molar-refractivity contribution in [2.24, 2.45) is 11.0 Å². The Morgan fingerprint density at radius 2 is 1.58 bits per heavy atom. The number of aryl methyl sites for hydroxylation is 1. The molecule has 200 valence electrons. The predicted molar refractivity (Wildman–Crippen MR) is 138 cm³/mol. The van der Waals surface area contributed by atoms with Crippen LogP contribution in [0.15, 0.2) is 75.6 Å². The molecular weight excluding hydrogens is 558 g/mol. The van der Waals surface area contributed by atoms with Crippen molar-refractivity contribution in [1.29, 1.82) is 0 Å². The summed E-state index contributed by atoms with van der Waals surface area (Å²) in [6, 6.07) is 13.5. The Hall–Kier alpha value is -3.02. The number of hydrazone groups is 1. The first-order valence-electron chi connectivity index (χ1n) is 11.7. The third-order valence-electron chi connectivity index (χ3n) is 7.10. The Labute approximate surface area is 224 Å². The van der Waals surface area contributed by atoms with Crippen LogP contribution >= 0.6 is 11.6 Å². The van der Waals surface area contributed by atoms with Crippen LogP contribution in [-0.4, -0.2) is 29.2 Å². The van der Waals surface area contributed by atoms with Gasteiger partial charge in [-0.2, -0.15) is 13.5 Å². The molecule has 5 rings (SSSR count). The second kappa shape index (κ2) is 9.62.